The van der Waals surface area contributed by atoms with Gasteiger partial charge in [-0.25, -0.2) is 0 Å². The van der Waals surface area contributed by atoms with Crippen LogP contribution in [0.15, 0.2) is 42.5 Å². The fraction of sp³-hybridized carbons (Fsp3) is 0.381. The molecule has 2 aromatic rings. The van der Waals surface area contributed by atoms with Crippen LogP contribution < -0.4 is 14.8 Å². The number of hydrogen-bond acceptors (Lipinski definition) is 3. The van der Waals surface area contributed by atoms with E-state index in [1.165, 1.54) is 5.56 Å². The van der Waals surface area contributed by atoms with Crippen molar-refractivity contribution in [2.45, 2.75) is 39.7 Å². The van der Waals surface area contributed by atoms with Gasteiger partial charge in [-0.15, -0.1) is 0 Å². The molecule has 2 aromatic carbocycles. The first-order valence-electron chi connectivity index (χ1n) is 8.68. The van der Waals surface area contributed by atoms with E-state index in [9.17, 15) is 4.79 Å². The third-order valence-electron chi connectivity index (χ3n) is 4.13. The zero-order valence-corrected chi connectivity index (χ0v) is 15.5. The molecule has 0 aliphatic heterocycles. The first kappa shape index (κ1) is 18.8. The van der Waals surface area contributed by atoms with Crippen LogP contribution in [0.25, 0.3) is 0 Å². The minimum absolute atomic E-state index is 0.0732. The Morgan fingerprint density at radius 1 is 1.12 bits per heavy atom. The van der Waals surface area contributed by atoms with Gasteiger partial charge in [0, 0.05) is 6.54 Å². The molecule has 4 heteroatoms. The summed E-state index contributed by atoms with van der Waals surface area (Å²) in [6, 6.07) is 13.9. The van der Waals surface area contributed by atoms with E-state index in [4.69, 9.17) is 9.47 Å². The Morgan fingerprint density at radius 3 is 2.44 bits per heavy atom. The molecule has 0 heterocycles. The van der Waals surface area contributed by atoms with Crippen LogP contribution in [0, 0.1) is 13.8 Å². The van der Waals surface area contributed by atoms with E-state index in [2.05, 4.69) is 11.4 Å². The number of methoxy groups -OCH3 is 1. The second-order valence-electron chi connectivity index (χ2n) is 6.17. The van der Waals surface area contributed by atoms with Crippen LogP contribution >= 0.6 is 0 Å². The quantitative estimate of drug-likeness (QED) is 0.794. The van der Waals surface area contributed by atoms with Crippen molar-refractivity contribution in [1.29, 1.82) is 0 Å². The predicted octanol–water partition coefficient (Wildman–Crippen LogP) is 3.83. The second kappa shape index (κ2) is 9.11. The zero-order chi connectivity index (χ0) is 18.2. The minimum atomic E-state index is -0.475. The molecular weight excluding hydrogens is 314 g/mol. The van der Waals surface area contributed by atoms with Gasteiger partial charge in [-0.2, -0.15) is 0 Å². The van der Waals surface area contributed by atoms with Gasteiger partial charge in [0.05, 0.1) is 7.11 Å². The molecule has 2 rings (SSSR count). The second-order valence-corrected chi connectivity index (χ2v) is 6.17. The predicted molar refractivity (Wildman–Crippen MR) is 100 cm³/mol. The maximum Gasteiger partial charge on any atom is 0.261 e. The van der Waals surface area contributed by atoms with Crippen molar-refractivity contribution >= 4 is 5.91 Å². The molecular formula is C21H27NO3. The average Bonchev–Trinajstić information content (AvgIpc) is 2.61. The molecule has 0 unspecified atom stereocenters. The molecule has 0 aliphatic carbocycles. The van der Waals surface area contributed by atoms with Crippen molar-refractivity contribution in [2.75, 3.05) is 13.7 Å². The molecule has 134 valence electrons. The SMILES string of the molecule is CC[C@H](Oc1ccc(C)cc1C)C(=O)NCCc1ccc(OC)cc1. The summed E-state index contributed by atoms with van der Waals surface area (Å²) in [6.07, 6.45) is 0.925. The van der Waals surface area contributed by atoms with Crippen LogP contribution in [0.5, 0.6) is 11.5 Å². The summed E-state index contributed by atoms with van der Waals surface area (Å²) in [5.41, 5.74) is 3.38. The summed E-state index contributed by atoms with van der Waals surface area (Å²) in [6.45, 7) is 6.58. The van der Waals surface area contributed by atoms with Gasteiger partial charge in [-0.3, -0.25) is 4.79 Å². The number of carbonyl (C=O) groups excluding carboxylic acids is 1. The molecule has 0 fully saturated rings. The number of hydrogen-bond donors (Lipinski definition) is 1. The third kappa shape index (κ3) is 5.52. The Balaban J connectivity index is 1.86. The van der Waals surface area contributed by atoms with E-state index in [0.29, 0.717) is 13.0 Å². The van der Waals surface area contributed by atoms with Gasteiger partial charge in [0.25, 0.3) is 5.91 Å². The van der Waals surface area contributed by atoms with Crippen molar-refractivity contribution in [3.05, 3.63) is 59.2 Å². The summed E-state index contributed by atoms with van der Waals surface area (Å²) in [5, 5.41) is 2.97. The lowest BCUT2D eigenvalue weighted by Crippen LogP contribution is -2.39. The summed E-state index contributed by atoms with van der Waals surface area (Å²) >= 11 is 0. The third-order valence-corrected chi connectivity index (χ3v) is 4.13. The Bertz CT molecular complexity index is 695. The molecule has 0 spiro atoms. The smallest absolute Gasteiger partial charge is 0.261 e. The molecule has 25 heavy (non-hydrogen) atoms. The zero-order valence-electron chi connectivity index (χ0n) is 15.5. The number of aryl methyl sites for hydroxylation is 2. The molecule has 0 aromatic heterocycles. The maximum absolute atomic E-state index is 12.4. The highest BCUT2D eigenvalue weighted by Crippen LogP contribution is 2.21. The first-order chi connectivity index (χ1) is 12.0. The maximum atomic E-state index is 12.4. The van der Waals surface area contributed by atoms with E-state index in [-0.39, 0.29) is 5.91 Å². The molecule has 1 amide bonds. The summed E-state index contributed by atoms with van der Waals surface area (Å²) < 4.78 is 11.1. The number of amides is 1. The Labute approximate surface area is 150 Å². The highest BCUT2D eigenvalue weighted by atomic mass is 16.5. The largest absolute Gasteiger partial charge is 0.497 e. The molecule has 0 bridgehead atoms. The van der Waals surface area contributed by atoms with Gasteiger partial charge >= 0.3 is 0 Å². The number of benzene rings is 2. The lowest BCUT2D eigenvalue weighted by atomic mass is 10.1. The lowest BCUT2D eigenvalue weighted by Gasteiger charge is -2.19. The van der Waals surface area contributed by atoms with E-state index in [1.54, 1.807) is 7.11 Å². The molecule has 0 saturated carbocycles. The van der Waals surface area contributed by atoms with Crippen molar-refractivity contribution in [3.8, 4) is 11.5 Å². The van der Waals surface area contributed by atoms with E-state index in [1.807, 2.05) is 57.2 Å². The molecule has 4 nitrogen and oxygen atoms in total. The normalized spacial score (nSPS) is 11.7. The van der Waals surface area contributed by atoms with Crippen LogP contribution in [0.4, 0.5) is 0 Å². The molecule has 1 atom stereocenters. The highest BCUT2D eigenvalue weighted by molar-refractivity contribution is 5.81. The summed E-state index contributed by atoms with van der Waals surface area (Å²) in [7, 11) is 1.65. The fourth-order valence-corrected chi connectivity index (χ4v) is 2.64. The van der Waals surface area contributed by atoms with Crippen molar-refractivity contribution < 1.29 is 14.3 Å². The Morgan fingerprint density at radius 2 is 1.84 bits per heavy atom. The van der Waals surface area contributed by atoms with Gasteiger partial charge in [-0.05, 0) is 56.0 Å². The lowest BCUT2D eigenvalue weighted by molar-refractivity contribution is -0.128. The van der Waals surface area contributed by atoms with Crippen molar-refractivity contribution in [1.82, 2.24) is 5.32 Å². The van der Waals surface area contributed by atoms with Gasteiger partial charge in [-0.1, -0.05) is 36.8 Å². The molecule has 1 N–H and O–H groups in total. The highest BCUT2D eigenvalue weighted by Gasteiger charge is 2.18. The van der Waals surface area contributed by atoms with Crippen molar-refractivity contribution in [3.63, 3.8) is 0 Å². The van der Waals surface area contributed by atoms with Gasteiger partial charge in [0.2, 0.25) is 0 Å². The Hall–Kier alpha value is -2.49. The van der Waals surface area contributed by atoms with Crippen LogP contribution in [0.2, 0.25) is 0 Å². The first-order valence-corrected chi connectivity index (χ1v) is 8.68. The molecule has 0 aliphatic rings. The van der Waals surface area contributed by atoms with Crippen molar-refractivity contribution in [2.24, 2.45) is 0 Å². The standard InChI is InChI=1S/C21H27NO3/c1-5-19(25-20-11-6-15(2)14-16(20)3)21(23)22-13-12-17-7-9-18(24-4)10-8-17/h6-11,14,19H,5,12-13H2,1-4H3,(H,22,23)/t19-/m0/s1. The van der Waals surface area contributed by atoms with Crippen LogP contribution in [0.3, 0.4) is 0 Å². The Kier molecular flexibility index (Phi) is 6.87. The summed E-state index contributed by atoms with van der Waals surface area (Å²) in [4.78, 5) is 12.4. The minimum Gasteiger partial charge on any atom is -0.497 e. The van der Waals surface area contributed by atoms with Gasteiger partial charge in [0.1, 0.15) is 11.5 Å². The fourth-order valence-electron chi connectivity index (χ4n) is 2.64. The van der Waals surface area contributed by atoms with E-state index < -0.39 is 6.10 Å². The van der Waals surface area contributed by atoms with Crippen LogP contribution in [-0.2, 0) is 11.2 Å². The number of rotatable bonds is 8. The molecule has 0 radical (unpaired) electrons. The monoisotopic (exact) mass is 341 g/mol. The number of ether oxygens (including phenoxy) is 2. The number of nitrogens with one attached hydrogen (secondary N) is 1. The van der Waals surface area contributed by atoms with E-state index >= 15 is 0 Å². The van der Waals surface area contributed by atoms with Gasteiger partial charge in [0.15, 0.2) is 6.10 Å². The van der Waals surface area contributed by atoms with Crippen LogP contribution in [0.1, 0.15) is 30.0 Å². The average molecular weight is 341 g/mol. The van der Waals surface area contributed by atoms with Gasteiger partial charge < -0.3 is 14.8 Å². The summed E-state index contributed by atoms with van der Waals surface area (Å²) in [5.74, 6) is 1.53. The topological polar surface area (TPSA) is 47.6 Å². The number of carbonyl (C=O) groups is 1. The molecule has 0 saturated heterocycles. The van der Waals surface area contributed by atoms with E-state index in [0.717, 1.165) is 29.0 Å². The van der Waals surface area contributed by atoms with Crippen LogP contribution in [-0.4, -0.2) is 25.7 Å².